The molecule has 1 unspecified atom stereocenters. The van der Waals surface area contributed by atoms with Crippen LogP contribution in [0, 0.1) is 6.92 Å². The van der Waals surface area contributed by atoms with Crippen molar-refractivity contribution >= 4 is 41.7 Å². The van der Waals surface area contributed by atoms with E-state index in [9.17, 15) is 0 Å². The van der Waals surface area contributed by atoms with Crippen molar-refractivity contribution in [1.82, 2.24) is 10.6 Å². The highest BCUT2D eigenvalue weighted by Gasteiger charge is 2.14. The van der Waals surface area contributed by atoms with Gasteiger partial charge < -0.3 is 15.4 Å². The minimum absolute atomic E-state index is 0. The molecule has 1 aliphatic rings. The highest BCUT2D eigenvalue weighted by Crippen LogP contribution is 2.21. The second-order valence-corrected chi connectivity index (χ2v) is 6.44. The molecule has 0 bridgehead atoms. The van der Waals surface area contributed by atoms with Crippen molar-refractivity contribution < 1.29 is 4.74 Å². The molecule has 1 aromatic carbocycles. The molecule has 0 radical (unpaired) electrons. The van der Waals surface area contributed by atoms with Gasteiger partial charge in [0, 0.05) is 31.6 Å². The fraction of sp³-hybridized carbons (Fsp3) is 0.588. The first-order chi connectivity index (χ1) is 10.7. The highest BCUT2D eigenvalue weighted by atomic mass is 127. The van der Waals surface area contributed by atoms with Crippen LogP contribution in [0.5, 0.6) is 0 Å². The number of rotatable bonds is 6. The van der Waals surface area contributed by atoms with E-state index in [4.69, 9.17) is 4.74 Å². The Morgan fingerprint density at radius 2 is 2.22 bits per heavy atom. The summed E-state index contributed by atoms with van der Waals surface area (Å²) in [5.41, 5.74) is 2.60. The first kappa shape index (κ1) is 20.6. The van der Waals surface area contributed by atoms with Crippen LogP contribution in [-0.2, 0) is 11.3 Å². The van der Waals surface area contributed by atoms with Gasteiger partial charge in [0.1, 0.15) is 0 Å². The predicted molar refractivity (Wildman–Crippen MR) is 110 cm³/mol. The van der Waals surface area contributed by atoms with Gasteiger partial charge in [-0.3, -0.25) is 4.99 Å². The topological polar surface area (TPSA) is 45.7 Å². The lowest BCUT2D eigenvalue weighted by molar-refractivity contribution is 0.105. The summed E-state index contributed by atoms with van der Waals surface area (Å²) in [6, 6.07) is 6.58. The van der Waals surface area contributed by atoms with E-state index in [0.717, 1.165) is 32.1 Å². The quantitative estimate of drug-likeness (QED) is 0.302. The van der Waals surface area contributed by atoms with E-state index < -0.39 is 0 Å². The summed E-state index contributed by atoms with van der Waals surface area (Å²) in [4.78, 5) is 5.61. The minimum Gasteiger partial charge on any atom is -0.378 e. The number of hydrogen-bond donors (Lipinski definition) is 2. The summed E-state index contributed by atoms with van der Waals surface area (Å²) in [6.07, 6.45) is 5.97. The Hall–Kier alpha value is -0.470. The Kier molecular flexibility index (Phi) is 9.97. The first-order valence-corrected chi connectivity index (χ1v) is 9.15. The van der Waals surface area contributed by atoms with E-state index >= 15 is 0 Å². The SMILES string of the molecule is CN=C(NCCC1CCCO1)NCc1ccc(C)cc1SC.I. The molecule has 1 atom stereocenters. The Labute approximate surface area is 161 Å². The van der Waals surface area contributed by atoms with Crippen LogP contribution < -0.4 is 10.6 Å². The van der Waals surface area contributed by atoms with Gasteiger partial charge in [0.05, 0.1) is 6.10 Å². The number of benzene rings is 1. The Bertz CT molecular complexity index is 505. The molecule has 23 heavy (non-hydrogen) atoms. The number of guanidine groups is 1. The summed E-state index contributed by atoms with van der Waals surface area (Å²) in [6.45, 7) is 4.73. The van der Waals surface area contributed by atoms with Gasteiger partial charge in [0.2, 0.25) is 0 Å². The van der Waals surface area contributed by atoms with Gasteiger partial charge in [-0.25, -0.2) is 0 Å². The highest BCUT2D eigenvalue weighted by molar-refractivity contribution is 14.0. The summed E-state index contributed by atoms with van der Waals surface area (Å²) >= 11 is 1.79. The van der Waals surface area contributed by atoms with E-state index in [-0.39, 0.29) is 24.0 Å². The van der Waals surface area contributed by atoms with Crippen molar-refractivity contribution in [3.63, 3.8) is 0 Å². The second-order valence-electron chi connectivity index (χ2n) is 5.59. The van der Waals surface area contributed by atoms with E-state index in [2.05, 4.69) is 47.0 Å². The smallest absolute Gasteiger partial charge is 0.191 e. The van der Waals surface area contributed by atoms with E-state index in [1.807, 2.05) is 7.05 Å². The average molecular weight is 449 g/mol. The number of halogens is 1. The van der Waals surface area contributed by atoms with Gasteiger partial charge in [-0.05, 0) is 49.6 Å². The Morgan fingerprint density at radius 1 is 1.39 bits per heavy atom. The Balaban J connectivity index is 0.00000264. The number of nitrogens with one attached hydrogen (secondary N) is 2. The molecule has 0 saturated carbocycles. The van der Waals surface area contributed by atoms with E-state index in [1.54, 1.807) is 11.8 Å². The number of aliphatic imine (C=N–C) groups is 1. The predicted octanol–water partition coefficient (Wildman–Crippen LogP) is 3.57. The van der Waals surface area contributed by atoms with E-state index in [0.29, 0.717) is 6.10 Å². The third kappa shape index (κ3) is 6.89. The molecular weight excluding hydrogens is 421 g/mol. The maximum atomic E-state index is 5.64. The first-order valence-electron chi connectivity index (χ1n) is 7.92. The zero-order valence-corrected chi connectivity index (χ0v) is 17.4. The monoisotopic (exact) mass is 449 g/mol. The zero-order chi connectivity index (χ0) is 15.8. The average Bonchev–Trinajstić information content (AvgIpc) is 3.04. The Morgan fingerprint density at radius 3 is 2.87 bits per heavy atom. The van der Waals surface area contributed by atoms with Gasteiger partial charge in [-0.15, -0.1) is 35.7 Å². The molecule has 0 spiro atoms. The molecule has 6 heteroatoms. The lowest BCUT2D eigenvalue weighted by Gasteiger charge is -2.15. The molecule has 1 aromatic rings. The zero-order valence-electron chi connectivity index (χ0n) is 14.2. The number of thioether (sulfide) groups is 1. The lowest BCUT2D eigenvalue weighted by atomic mass is 10.1. The number of nitrogens with zero attached hydrogens (tertiary/aromatic N) is 1. The van der Waals surface area contributed by atoms with Crippen molar-refractivity contribution in [3.05, 3.63) is 29.3 Å². The van der Waals surface area contributed by atoms with Gasteiger partial charge in [-0.2, -0.15) is 0 Å². The molecule has 1 heterocycles. The maximum absolute atomic E-state index is 5.64. The van der Waals surface area contributed by atoms with Crippen molar-refractivity contribution in [1.29, 1.82) is 0 Å². The maximum Gasteiger partial charge on any atom is 0.191 e. The second kappa shape index (κ2) is 11.1. The van der Waals surface area contributed by atoms with Gasteiger partial charge >= 0.3 is 0 Å². The minimum atomic E-state index is 0. The number of ether oxygens (including phenoxy) is 1. The van der Waals surface area contributed by atoms with Crippen LogP contribution >= 0.6 is 35.7 Å². The van der Waals surface area contributed by atoms with Crippen molar-refractivity contribution in [2.24, 2.45) is 4.99 Å². The molecule has 2 rings (SSSR count). The van der Waals surface area contributed by atoms with Crippen LogP contribution in [0.25, 0.3) is 0 Å². The molecule has 4 nitrogen and oxygen atoms in total. The molecule has 130 valence electrons. The normalized spacial score (nSPS) is 17.7. The summed E-state index contributed by atoms with van der Waals surface area (Å²) in [7, 11) is 1.81. The summed E-state index contributed by atoms with van der Waals surface area (Å²) in [5.74, 6) is 0.852. The van der Waals surface area contributed by atoms with Crippen LogP contribution in [-0.4, -0.2) is 38.5 Å². The molecule has 0 aromatic heterocycles. The molecule has 1 saturated heterocycles. The fourth-order valence-corrected chi connectivity index (χ4v) is 3.33. The molecule has 2 N–H and O–H groups in total. The van der Waals surface area contributed by atoms with Gasteiger partial charge in [-0.1, -0.05) is 12.1 Å². The van der Waals surface area contributed by atoms with Crippen LogP contribution in [0.1, 0.15) is 30.4 Å². The van der Waals surface area contributed by atoms with Crippen molar-refractivity contribution in [2.45, 2.75) is 43.7 Å². The van der Waals surface area contributed by atoms with Gasteiger partial charge in [0.15, 0.2) is 5.96 Å². The van der Waals surface area contributed by atoms with E-state index in [1.165, 1.54) is 28.9 Å². The molecule has 0 aliphatic carbocycles. The van der Waals surface area contributed by atoms with Crippen molar-refractivity contribution in [3.8, 4) is 0 Å². The molecule has 1 fully saturated rings. The third-order valence-corrected chi connectivity index (χ3v) is 4.72. The van der Waals surface area contributed by atoms with Crippen LogP contribution in [0.4, 0.5) is 0 Å². The fourth-order valence-electron chi connectivity index (χ4n) is 2.62. The van der Waals surface area contributed by atoms with Crippen LogP contribution in [0.15, 0.2) is 28.1 Å². The van der Waals surface area contributed by atoms with Crippen LogP contribution in [0.3, 0.4) is 0 Å². The third-order valence-electron chi connectivity index (χ3n) is 3.90. The molecular formula is C17H28IN3OS. The summed E-state index contributed by atoms with van der Waals surface area (Å²) < 4.78 is 5.64. The van der Waals surface area contributed by atoms with Crippen molar-refractivity contribution in [2.75, 3.05) is 26.5 Å². The number of aryl methyl sites for hydroxylation is 1. The standard InChI is InChI=1S/C17H27N3OS.HI/c1-13-6-7-14(16(11-13)22-3)12-20-17(18-2)19-9-8-15-5-4-10-21-15;/h6-7,11,15H,4-5,8-10,12H2,1-3H3,(H2,18,19,20);1H. The summed E-state index contributed by atoms with van der Waals surface area (Å²) in [5, 5.41) is 6.76. The number of hydrogen-bond acceptors (Lipinski definition) is 3. The largest absolute Gasteiger partial charge is 0.378 e. The van der Waals surface area contributed by atoms with Crippen LogP contribution in [0.2, 0.25) is 0 Å². The molecule has 1 aliphatic heterocycles. The van der Waals surface area contributed by atoms with Gasteiger partial charge in [0.25, 0.3) is 0 Å². The molecule has 0 amide bonds. The lowest BCUT2D eigenvalue weighted by Crippen LogP contribution is -2.38.